The molecule has 1 aromatic rings. The van der Waals surface area contributed by atoms with Crippen LogP contribution in [0, 0.1) is 20.2 Å². The Morgan fingerprint density at radius 2 is 1.56 bits per heavy atom. The highest BCUT2D eigenvalue weighted by Gasteiger charge is 2.25. The Labute approximate surface area is 100 Å². The van der Waals surface area contributed by atoms with Gasteiger partial charge in [0.1, 0.15) is 0 Å². The van der Waals surface area contributed by atoms with Crippen LogP contribution >= 0.6 is 0 Å². The van der Waals surface area contributed by atoms with Crippen LogP contribution in [-0.4, -0.2) is 22.9 Å². The summed E-state index contributed by atoms with van der Waals surface area (Å²) in [4.78, 5) is 30.1. The third-order valence-electron chi connectivity index (χ3n) is 1.98. The van der Waals surface area contributed by atoms with Gasteiger partial charge in [-0.25, -0.2) is 0 Å². The molecule has 10 nitrogen and oxygen atoms in total. The van der Waals surface area contributed by atoms with Gasteiger partial charge >= 0.3 is 0 Å². The number of carbonyl (C=O) groups excluding carboxylic acids is 1. The van der Waals surface area contributed by atoms with E-state index in [-0.39, 0.29) is 11.8 Å². The zero-order chi connectivity index (χ0) is 13.2. The molecule has 0 unspecified atom stereocenters. The lowest BCUT2D eigenvalue weighted by atomic mass is 10.1. The van der Waals surface area contributed by atoms with Gasteiger partial charge in [0.15, 0.2) is 5.69 Å². The lowest BCUT2D eigenvalue weighted by Crippen LogP contribution is -2.22. The number of benzene rings is 1. The lowest BCUT2D eigenvalue weighted by molar-refractivity contribution is -0.392. The Morgan fingerprint density at radius 3 is 1.78 bits per heavy atom. The summed E-state index contributed by atoms with van der Waals surface area (Å²) in [6, 6.07) is 1.41. The summed E-state index contributed by atoms with van der Waals surface area (Å²) in [5.74, 6) is -1.72. The molecule has 0 saturated carbocycles. The molecule has 0 bridgehead atoms. The Bertz CT molecular complexity index is 479. The maximum absolute atomic E-state index is 10.7. The van der Waals surface area contributed by atoms with Crippen LogP contribution < -0.4 is 16.6 Å². The van der Waals surface area contributed by atoms with Crippen LogP contribution in [0.4, 0.5) is 17.1 Å². The Kier molecular flexibility index (Phi) is 4.69. The predicted molar refractivity (Wildman–Crippen MR) is 59.6 cm³/mol. The zero-order valence-electron chi connectivity index (χ0n) is 9.50. The molecule has 1 aromatic carbocycles. The number of nitrogens with one attached hydrogen (secondary N) is 1. The van der Waals surface area contributed by atoms with E-state index in [4.69, 9.17) is 0 Å². The first kappa shape index (κ1) is 15.2. The molecule has 5 N–H and O–H groups in total. The minimum atomic E-state index is -1.72. The van der Waals surface area contributed by atoms with E-state index in [2.05, 4.69) is 5.32 Å². The summed E-state index contributed by atoms with van der Waals surface area (Å²) < 4.78 is 0. The first-order chi connectivity index (χ1) is 7.88. The van der Waals surface area contributed by atoms with Crippen LogP contribution in [-0.2, 0) is 0 Å². The van der Waals surface area contributed by atoms with E-state index < -0.39 is 32.8 Å². The standard InChI is InChI=1S/C8H7N3O6.H3N/c1-9-7-5(10(14)15)2-4(8(12)13)3-6(7)11(16)17;/h2-3,9H,1H3,(H,12,13);1H3. The molecule has 0 saturated heterocycles. The Morgan fingerprint density at radius 1 is 1.17 bits per heavy atom. The fourth-order valence-corrected chi connectivity index (χ4v) is 1.27. The Hall–Kier alpha value is -2.75. The van der Waals surface area contributed by atoms with Crippen LogP contribution in [0.2, 0.25) is 0 Å². The van der Waals surface area contributed by atoms with Crippen molar-refractivity contribution in [3.05, 3.63) is 37.9 Å². The van der Waals surface area contributed by atoms with Gasteiger partial charge in [-0.3, -0.25) is 20.2 Å². The lowest BCUT2D eigenvalue weighted by Gasteiger charge is -2.07. The molecule has 18 heavy (non-hydrogen) atoms. The highest BCUT2D eigenvalue weighted by molar-refractivity contribution is 5.91. The van der Waals surface area contributed by atoms with Crippen molar-refractivity contribution in [3.63, 3.8) is 0 Å². The largest absolute Gasteiger partial charge is 0.545 e. The summed E-state index contributed by atoms with van der Waals surface area (Å²) in [5.41, 5.74) is -2.37. The molecule has 0 heterocycles. The van der Waals surface area contributed by atoms with Crippen molar-refractivity contribution >= 4 is 23.0 Å². The van der Waals surface area contributed by atoms with Gasteiger partial charge in [-0.2, -0.15) is 0 Å². The average molecular weight is 258 g/mol. The van der Waals surface area contributed by atoms with Gasteiger partial charge < -0.3 is 21.4 Å². The molecule has 0 aliphatic carbocycles. The molecule has 10 heteroatoms. The Balaban J connectivity index is 0.00000289. The van der Waals surface area contributed by atoms with Crippen molar-refractivity contribution in [1.82, 2.24) is 6.15 Å². The molecule has 0 atom stereocenters. The van der Waals surface area contributed by atoms with Crippen molar-refractivity contribution < 1.29 is 19.7 Å². The van der Waals surface area contributed by atoms with Gasteiger partial charge in [0.25, 0.3) is 11.4 Å². The van der Waals surface area contributed by atoms with E-state index >= 15 is 0 Å². The normalized spacial score (nSPS) is 9.17. The number of carboxylic acids is 1. The van der Waals surface area contributed by atoms with Gasteiger partial charge in [0, 0.05) is 24.7 Å². The first-order valence-corrected chi connectivity index (χ1v) is 4.24. The topological polar surface area (TPSA) is 175 Å². The van der Waals surface area contributed by atoms with Gasteiger partial charge in [-0.05, 0) is 0 Å². The number of rotatable bonds is 4. The number of nitro groups is 2. The molecule has 0 spiro atoms. The van der Waals surface area contributed by atoms with E-state index in [1.165, 1.54) is 7.05 Å². The van der Waals surface area contributed by atoms with Gasteiger partial charge in [-0.15, -0.1) is 0 Å². The fraction of sp³-hybridized carbons (Fsp3) is 0.125. The van der Waals surface area contributed by atoms with Gasteiger partial charge in [-0.1, -0.05) is 0 Å². The number of anilines is 1. The van der Waals surface area contributed by atoms with E-state index in [0.717, 1.165) is 0 Å². The van der Waals surface area contributed by atoms with E-state index in [9.17, 15) is 30.1 Å². The number of aromatic carboxylic acids is 1. The van der Waals surface area contributed by atoms with Crippen molar-refractivity contribution in [2.24, 2.45) is 0 Å². The highest BCUT2D eigenvalue weighted by Crippen LogP contribution is 2.34. The van der Waals surface area contributed by atoms with Gasteiger partial charge in [0.2, 0.25) is 0 Å². The van der Waals surface area contributed by atoms with Crippen LogP contribution in [0.1, 0.15) is 10.4 Å². The maximum Gasteiger partial charge on any atom is 0.300 e. The maximum atomic E-state index is 10.7. The second kappa shape index (κ2) is 5.54. The number of nitrogens with zero attached hydrogens (tertiary/aromatic N) is 2. The molecule has 0 radical (unpaired) electrons. The van der Waals surface area contributed by atoms with Crippen molar-refractivity contribution in [2.45, 2.75) is 0 Å². The molecular weight excluding hydrogens is 248 g/mol. The number of nitro benzene ring substituents is 2. The predicted octanol–water partition coefficient (Wildman–Crippen LogP) is 0.284. The quantitative estimate of drug-likeness (QED) is 0.575. The van der Waals surface area contributed by atoms with Gasteiger partial charge in [0.05, 0.1) is 15.8 Å². The highest BCUT2D eigenvalue weighted by atomic mass is 16.6. The zero-order valence-corrected chi connectivity index (χ0v) is 9.50. The molecule has 0 fully saturated rings. The second-order valence-electron chi connectivity index (χ2n) is 2.94. The number of hydrogen-bond acceptors (Lipinski definition) is 7. The summed E-state index contributed by atoms with van der Waals surface area (Å²) >= 11 is 0. The number of carbonyl (C=O) groups is 1. The number of carboxylic acid groups (broad SMARTS) is 1. The summed E-state index contributed by atoms with van der Waals surface area (Å²) in [7, 11) is 1.26. The summed E-state index contributed by atoms with van der Waals surface area (Å²) in [6.07, 6.45) is 0. The smallest absolute Gasteiger partial charge is 0.300 e. The molecule has 0 amide bonds. The summed E-state index contributed by atoms with van der Waals surface area (Å²) in [5, 5.41) is 34.2. The molecule has 98 valence electrons. The van der Waals surface area contributed by atoms with E-state index in [0.29, 0.717) is 12.1 Å². The van der Waals surface area contributed by atoms with Crippen molar-refractivity contribution in [2.75, 3.05) is 12.4 Å². The van der Waals surface area contributed by atoms with Crippen LogP contribution in [0.3, 0.4) is 0 Å². The molecular formula is C8H10N4O6. The SMILES string of the molecule is CNc1c([N+](=O)[O-])cc(C(=O)[O-])cc1[N+](=O)[O-].[NH4+]. The minimum Gasteiger partial charge on any atom is -0.545 e. The van der Waals surface area contributed by atoms with Crippen LogP contribution in [0.15, 0.2) is 12.1 Å². The third kappa shape index (κ3) is 2.68. The van der Waals surface area contributed by atoms with E-state index in [1.807, 2.05) is 0 Å². The number of hydrogen-bond donors (Lipinski definition) is 2. The first-order valence-electron chi connectivity index (χ1n) is 4.24. The third-order valence-corrected chi connectivity index (χ3v) is 1.98. The van der Waals surface area contributed by atoms with Crippen LogP contribution in [0.25, 0.3) is 0 Å². The molecule has 0 aliphatic heterocycles. The average Bonchev–Trinajstić information content (AvgIpc) is 2.26. The summed E-state index contributed by atoms with van der Waals surface area (Å²) in [6.45, 7) is 0. The molecule has 1 rings (SSSR count). The van der Waals surface area contributed by atoms with E-state index in [1.54, 1.807) is 0 Å². The second-order valence-corrected chi connectivity index (χ2v) is 2.94. The minimum absolute atomic E-state index is 0. The monoisotopic (exact) mass is 258 g/mol. The van der Waals surface area contributed by atoms with Crippen LogP contribution in [0.5, 0.6) is 0 Å². The van der Waals surface area contributed by atoms with Crippen molar-refractivity contribution in [3.8, 4) is 0 Å². The van der Waals surface area contributed by atoms with Crippen molar-refractivity contribution in [1.29, 1.82) is 0 Å². The molecule has 0 aromatic heterocycles. The number of quaternary nitrogens is 1. The fourth-order valence-electron chi connectivity index (χ4n) is 1.27. The molecule has 0 aliphatic rings.